The quantitative estimate of drug-likeness (QED) is 0.814. The van der Waals surface area contributed by atoms with E-state index in [0.29, 0.717) is 5.54 Å². The third-order valence-corrected chi connectivity index (χ3v) is 4.86. The molecule has 2 nitrogen and oxygen atoms in total. The summed E-state index contributed by atoms with van der Waals surface area (Å²) in [7, 11) is 0. The minimum atomic E-state index is 0.324. The lowest BCUT2D eigenvalue weighted by molar-refractivity contribution is 0.285. The minimum absolute atomic E-state index is 0.324. The largest absolute Gasteiger partial charge is 0.380 e. The van der Waals surface area contributed by atoms with Crippen LogP contribution in [0.15, 0.2) is 18.2 Å². The molecule has 1 fully saturated rings. The van der Waals surface area contributed by atoms with Crippen LogP contribution in [0.2, 0.25) is 5.02 Å². The first-order chi connectivity index (χ1) is 8.77. The molecule has 1 aromatic carbocycles. The first-order valence-corrected chi connectivity index (χ1v) is 7.45. The fraction of sp³-hybridized carbons (Fsp3) is 0.600. The highest BCUT2D eigenvalue weighted by molar-refractivity contribution is 6.34. The van der Waals surface area contributed by atoms with Crippen LogP contribution in [-0.4, -0.2) is 18.6 Å². The summed E-state index contributed by atoms with van der Waals surface area (Å²) >= 11 is 6.30. The first-order valence-electron chi connectivity index (χ1n) is 7.07. The van der Waals surface area contributed by atoms with Crippen molar-refractivity contribution in [2.75, 3.05) is 23.3 Å². The number of para-hydroxylation sites is 1. The zero-order chi connectivity index (χ0) is 12.6. The van der Waals surface area contributed by atoms with E-state index in [1.54, 1.807) is 0 Å². The van der Waals surface area contributed by atoms with E-state index in [9.17, 15) is 0 Å². The van der Waals surface area contributed by atoms with Crippen molar-refractivity contribution in [2.24, 2.45) is 0 Å². The smallest absolute Gasteiger partial charge is 0.0768 e. The van der Waals surface area contributed by atoms with E-state index in [-0.39, 0.29) is 0 Å². The second-order valence-corrected chi connectivity index (χ2v) is 5.92. The second-order valence-electron chi connectivity index (χ2n) is 5.52. The summed E-state index contributed by atoms with van der Waals surface area (Å²) < 4.78 is 0. The molecule has 1 aromatic rings. The molecule has 1 aliphatic heterocycles. The summed E-state index contributed by atoms with van der Waals surface area (Å²) in [6, 6.07) is 6.24. The van der Waals surface area contributed by atoms with Gasteiger partial charge < -0.3 is 10.2 Å². The molecule has 0 saturated heterocycles. The topological polar surface area (TPSA) is 15.3 Å². The molecule has 1 aliphatic carbocycles. The fourth-order valence-electron chi connectivity index (χ4n) is 3.68. The Morgan fingerprint density at radius 1 is 1.28 bits per heavy atom. The molecule has 18 heavy (non-hydrogen) atoms. The molecule has 0 radical (unpaired) electrons. The predicted molar refractivity (Wildman–Crippen MR) is 78.8 cm³/mol. The van der Waals surface area contributed by atoms with Crippen molar-refractivity contribution in [1.82, 2.24) is 0 Å². The minimum Gasteiger partial charge on any atom is -0.380 e. The number of hydrogen-bond donors (Lipinski definition) is 1. The highest BCUT2D eigenvalue weighted by Gasteiger charge is 2.41. The third-order valence-electron chi connectivity index (χ3n) is 4.55. The van der Waals surface area contributed by atoms with Gasteiger partial charge >= 0.3 is 0 Å². The van der Waals surface area contributed by atoms with Crippen LogP contribution in [0.3, 0.4) is 0 Å². The van der Waals surface area contributed by atoms with Gasteiger partial charge in [0.25, 0.3) is 0 Å². The number of rotatable bonds is 1. The summed E-state index contributed by atoms with van der Waals surface area (Å²) in [5, 5.41) is 4.43. The van der Waals surface area contributed by atoms with E-state index < -0.39 is 0 Å². The highest BCUT2D eigenvalue weighted by atomic mass is 35.5. The van der Waals surface area contributed by atoms with Crippen molar-refractivity contribution < 1.29 is 0 Å². The summed E-state index contributed by atoms with van der Waals surface area (Å²) in [4.78, 5) is 2.59. The molecule has 0 aromatic heterocycles. The molecule has 0 atom stereocenters. The SMILES string of the molecule is CCN1c2cccc(Cl)c2NCC12CCCCC2. The van der Waals surface area contributed by atoms with E-state index in [4.69, 9.17) is 11.6 Å². The van der Waals surface area contributed by atoms with Crippen LogP contribution in [0, 0.1) is 0 Å². The van der Waals surface area contributed by atoms with Crippen molar-refractivity contribution in [3.8, 4) is 0 Å². The van der Waals surface area contributed by atoms with Gasteiger partial charge in [-0.1, -0.05) is 36.9 Å². The molecule has 1 N–H and O–H groups in total. The maximum Gasteiger partial charge on any atom is 0.0768 e. The van der Waals surface area contributed by atoms with Gasteiger partial charge in [0.2, 0.25) is 0 Å². The van der Waals surface area contributed by atoms with E-state index in [2.05, 4.69) is 29.3 Å². The molecule has 98 valence electrons. The molecule has 3 rings (SSSR count). The number of anilines is 2. The Hall–Kier alpha value is -0.890. The summed E-state index contributed by atoms with van der Waals surface area (Å²) in [6.07, 6.45) is 6.71. The van der Waals surface area contributed by atoms with Crippen LogP contribution in [0.1, 0.15) is 39.0 Å². The van der Waals surface area contributed by atoms with Gasteiger partial charge in [0.05, 0.1) is 21.9 Å². The monoisotopic (exact) mass is 264 g/mol. The molecule has 3 heteroatoms. The lowest BCUT2D eigenvalue weighted by Crippen LogP contribution is -2.57. The Morgan fingerprint density at radius 2 is 2.06 bits per heavy atom. The molecular weight excluding hydrogens is 244 g/mol. The Balaban J connectivity index is 2.02. The number of hydrogen-bond acceptors (Lipinski definition) is 2. The van der Waals surface area contributed by atoms with Gasteiger partial charge in [-0.3, -0.25) is 0 Å². The highest BCUT2D eigenvalue weighted by Crippen LogP contribution is 2.45. The maximum absolute atomic E-state index is 6.30. The number of likely N-dealkylation sites (N-methyl/N-ethyl adjacent to an activating group) is 1. The first kappa shape index (κ1) is 12.2. The van der Waals surface area contributed by atoms with E-state index in [1.165, 1.54) is 37.8 Å². The van der Waals surface area contributed by atoms with Crippen LogP contribution in [0.4, 0.5) is 11.4 Å². The molecule has 1 saturated carbocycles. The van der Waals surface area contributed by atoms with Crippen LogP contribution < -0.4 is 10.2 Å². The van der Waals surface area contributed by atoms with Gasteiger partial charge in [-0.2, -0.15) is 0 Å². The molecule has 1 spiro atoms. The molecule has 0 amide bonds. The van der Waals surface area contributed by atoms with Gasteiger partial charge in [0.15, 0.2) is 0 Å². The van der Waals surface area contributed by atoms with Gasteiger partial charge in [-0.05, 0) is 31.9 Å². The van der Waals surface area contributed by atoms with Crippen molar-refractivity contribution in [2.45, 2.75) is 44.6 Å². The maximum atomic E-state index is 6.30. The summed E-state index contributed by atoms with van der Waals surface area (Å²) in [5.74, 6) is 0. The average molecular weight is 265 g/mol. The number of fused-ring (bicyclic) bond motifs is 1. The zero-order valence-corrected chi connectivity index (χ0v) is 11.8. The van der Waals surface area contributed by atoms with Crippen molar-refractivity contribution in [3.63, 3.8) is 0 Å². The van der Waals surface area contributed by atoms with E-state index in [0.717, 1.165) is 23.8 Å². The molecule has 1 heterocycles. The van der Waals surface area contributed by atoms with Gasteiger partial charge in [-0.25, -0.2) is 0 Å². The number of halogens is 1. The number of nitrogens with one attached hydrogen (secondary N) is 1. The van der Waals surface area contributed by atoms with Gasteiger partial charge in [-0.15, -0.1) is 0 Å². The molecular formula is C15H21ClN2. The number of benzene rings is 1. The molecule has 2 aliphatic rings. The summed E-state index contributed by atoms with van der Waals surface area (Å²) in [6.45, 7) is 4.36. The van der Waals surface area contributed by atoms with Gasteiger partial charge in [0.1, 0.15) is 0 Å². The van der Waals surface area contributed by atoms with Crippen molar-refractivity contribution in [3.05, 3.63) is 23.2 Å². The zero-order valence-electron chi connectivity index (χ0n) is 11.0. The predicted octanol–water partition coefficient (Wildman–Crippen LogP) is 4.29. The lowest BCUT2D eigenvalue weighted by Gasteiger charge is -2.51. The van der Waals surface area contributed by atoms with Crippen LogP contribution in [0.25, 0.3) is 0 Å². The summed E-state index contributed by atoms with van der Waals surface area (Å²) in [5.41, 5.74) is 2.74. The van der Waals surface area contributed by atoms with Crippen LogP contribution in [0.5, 0.6) is 0 Å². The fourth-order valence-corrected chi connectivity index (χ4v) is 3.92. The molecule has 0 unspecified atom stereocenters. The molecule has 0 bridgehead atoms. The Kier molecular flexibility index (Phi) is 3.14. The Labute approximate surface area is 114 Å². The van der Waals surface area contributed by atoms with Crippen molar-refractivity contribution in [1.29, 1.82) is 0 Å². The lowest BCUT2D eigenvalue weighted by atomic mass is 9.78. The average Bonchev–Trinajstić information content (AvgIpc) is 2.40. The van der Waals surface area contributed by atoms with Crippen molar-refractivity contribution >= 4 is 23.0 Å². The second kappa shape index (κ2) is 4.65. The Morgan fingerprint density at radius 3 is 2.78 bits per heavy atom. The normalized spacial score (nSPS) is 21.6. The standard InChI is InChI=1S/C15H21ClN2/c1-2-18-13-8-6-7-12(16)14(13)17-11-15(18)9-4-3-5-10-15/h6-8,17H,2-5,9-11H2,1H3. The van der Waals surface area contributed by atoms with Crippen LogP contribution in [-0.2, 0) is 0 Å². The van der Waals surface area contributed by atoms with Crippen LogP contribution >= 0.6 is 11.6 Å². The van der Waals surface area contributed by atoms with Gasteiger partial charge in [0, 0.05) is 13.1 Å². The third kappa shape index (κ3) is 1.78. The Bertz CT molecular complexity index is 438. The number of nitrogens with zero attached hydrogens (tertiary/aromatic N) is 1. The van der Waals surface area contributed by atoms with E-state index >= 15 is 0 Å². The van der Waals surface area contributed by atoms with E-state index in [1.807, 2.05) is 6.07 Å².